The quantitative estimate of drug-likeness (QED) is 0.539. The average Bonchev–Trinajstić information content (AvgIpc) is 3.10. The standard InChI is InChI=1S/C21H19N3O.ClH/c22-12-19-11-18-10-16(6-8-20(18)24-19)17-7-9-21(23-13-17)25-14-15-4-2-1-3-5-15;/h1-11,13,24H,12,14,22H2;1H. The van der Waals surface area contributed by atoms with E-state index in [4.69, 9.17) is 10.5 Å². The summed E-state index contributed by atoms with van der Waals surface area (Å²) in [5.74, 6) is 0.626. The monoisotopic (exact) mass is 365 g/mol. The molecule has 0 bridgehead atoms. The van der Waals surface area contributed by atoms with Gasteiger partial charge in [0.1, 0.15) is 6.61 Å². The van der Waals surface area contributed by atoms with Gasteiger partial charge in [-0.2, -0.15) is 0 Å². The van der Waals surface area contributed by atoms with Crippen molar-refractivity contribution in [3.63, 3.8) is 0 Å². The van der Waals surface area contributed by atoms with Crippen molar-refractivity contribution in [2.75, 3.05) is 0 Å². The number of benzene rings is 2. The second-order valence-electron chi connectivity index (χ2n) is 5.96. The Bertz CT molecular complexity index is 981. The Morgan fingerprint density at radius 1 is 0.923 bits per heavy atom. The van der Waals surface area contributed by atoms with Gasteiger partial charge in [0.25, 0.3) is 0 Å². The van der Waals surface area contributed by atoms with Gasteiger partial charge < -0.3 is 15.5 Å². The van der Waals surface area contributed by atoms with Crippen LogP contribution < -0.4 is 10.5 Å². The lowest BCUT2D eigenvalue weighted by Gasteiger charge is -2.07. The first-order valence-corrected chi connectivity index (χ1v) is 8.27. The summed E-state index contributed by atoms with van der Waals surface area (Å²) in [6.45, 7) is 1.03. The summed E-state index contributed by atoms with van der Waals surface area (Å²) in [6.07, 6.45) is 1.85. The molecule has 0 aliphatic heterocycles. The van der Waals surface area contributed by atoms with E-state index in [2.05, 4.69) is 34.2 Å². The molecule has 0 spiro atoms. The first kappa shape index (κ1) is 18.0. The molecule has 0 radical (unpaired) electrons. The van der Waals surface area contributed by atoms with E-state index in [0.29, 0.717) is 19.0 Å². The molecule has 0 unspecified atom stereocenters. The van der Waals surface area contributed by atoms with Crippen molar-refractivity contribution >= 4 is 23.3 Å². The van der Waals surface area contributed by atoms with Gasteiger partial charge in [-0.15, -0.1) is 12.4 Å². The van der Waals surface area contributed by atoms with Crippen molar-refractivity contribution in [2.24, 2.45) is 5.73 Å². The molecular weight excluding hydrogens is 346 g/mol. The number of nitrogens with two attached hydrogens (primary N) is 1. The molecule has 26 heavy (non-hydrogen) atoms. The summed E-state index contributed by atoms with van der Waals surface area (Å²) in [5.41, 5.74) is 11.1. The van der Waals surface area contributed by atoms with Crippen LogP contribution in [0.25, 0.3) is 22.0 Å². The van der Waals surface area contributed by atoms with Crippen molar-refractivity contribution in [3.05, 3.63) is 84.2 Å². The van der Waals surface area contributed by atoms with E-state index in [1.807, 2.05) is 48.7 Å². The van der Waals surface area contributed by atoms with Crippen molar-refractivity contribution in [2.45, 2.75) is 13.2 Å². The van der Waals surface area contributed by atoms with Crippen molar-refractivity contribution in [1.82, 2.24) is 9.97 Å². The molecule has 3 N–H and O–H groups in total. The molecule has 0 fully saturated rings. The van der Waals surface area contributed by atoms with Crippen LogP contribution in [0.4, 0.5) is 0 Å². The van der Waals surface area contributed by atoms with Crippen molar-refractivity contribution < 1.29 is 4.74 Å². The second kappa shape index (κ2) is 8.04. The molecule has 4 nitrogen and oxygen atoms in total. The largest absolute Gasteiger partial charge is 0.473 e. The number of aromatic nitrogens is 2. The lowest BCUT2D eigenvalue weighted by atomic mass is 10.1. The zero-order valence-electron chi connectivity index (χ0n) is 14.2. The highest BCUT2D eigenvalue weighted by Crippen LogP contribution is 2.25. The number of rotatable bonds is 5. The van der Waals surface area contributed by atoms with Gasteiger partial charge in [-0.25, -0.2) is 4.98 Å². The maximum Gasteiger partial charge on any atom is 0.213 e. The van der Waals surface area contributed by atoms with Gasteiger partial charge in [0.05, 0.1) is 0 Å². The molecule has 0 amide bonds. The van der Waals surface area contributed by atoms with E-state index >= 15 is 0 Å². The highest BCUT2D eigenvalue weighted by molar-refractivity contribution is 5.86. The molecule has 0 atom stereocenters. The molecule has 132 valence electrons. The highest BCUT2D eigenvalue weighted by Gasteiger charge is 2.04. The number of aromatic amines is 1. The fourth-order valence-electron chi connectivity index (χ4n) is 2.85. The number of hydrogen-bond donors (Lipinski definition) is 2. The fourth-order valence-corrected chi connectivity index (χ4v) is 2.85. The van der Waals surface area contributed by atoms with Crippen LogP contribution in [0.1, 0.15) is 11.3 Å². The maximum atomic E-state index is 5.74. The van der Waals surface area contributed by atoms with Gasteiger partial charge in [-0.1, -0.05) is 36.4 Å². The summed E-state index contributed by atoms with van der Waals surface area (Å²) in [7, 11) is 0. The Morgan fingerprint density at radius 3 is 2.46 bits per heavy atom. The van der Waals surface area contributed by atoms with E-state index in [1.54, 1.807) is 0 Å². The molecule has 0 aliphatic carbocycles. The molecule has 0 aliphatic rings. The number of pyridine rings is 1. The highest BCUT2D eigenvalue weighted by atomic mass is 35.5. The number of nitrogens with zero attached hydrogens (tertiary/aromatic N) is 1. The molecular formula is C21H20ClN3O. The SMILES string of the molecule is Cl.NCc1cc2cc(-c3ccc(OCc4ccccc4)nc3)ccc2[nH]1. The van der Waals surface area contributed by atoms with Crippen LogP contribution >= 0.6 is 12.4 Å². The second-order valence-corrected chi connectivity index (χ2v) is 5.96. The summed E-state index contributed by atoms with van der Waals surface area (Å²) in [6, 6.07) is 22.4. The first-order chi connectivity index (χ1) is 12.3. The van der Waals surface area contributed by atoms with E-state index in [1.165, 1.54) is 0 Å². The van der Waals surface area contributed by atoms with E-state index in [0.717, 1.165) is 33.3 Å². The van der Waals surface area contributed by atoms with Crippen molar-refractivity contribution in [3.8, 4) is 17.0 Å². The van der Waals surface area contributed by atoms with E-state index < -0.39 is 0 Å². The molecule has 0 saturated heterocycles. The van der Waals surface area contributed by atoms with Gasteiger partial charge >= 0.3 is 0 Å². The summed E-state index contributed by atoms with van der Waals surface area (Å²) >= 11 is 0. The number of halogens is 1. The smallest absolute Gasteiger partial charge is 0.213 e. The number of fused-ring (bicyclic) bond motifs is 1. The summed E-state index contributed by atoms with van der Waals surface area (Å²) < 4.78 is 5.74. The fraction of sp³-hybridized carbons (Fsp3) is 0.0952. The number of hydrogen-bond acceptors (Lipinski definition) is 3. The minimum absolute atomic E-state index is 0. The Labute approximate surface area is 158 Å². The molecule has 2 heterocycles. The molecule has 5 heteroatoms. The van der Waals surface area contributed by atoms with E-state index in [9.17, 15) is 0 Å². The molecule has 2 aromatic heterocycles. The number of H-pyrrole nitrogens is 1. The Balaban J connectivity index is 0.00000196. The molecule has 2 aromatic carbocycles. The minimum Gasteiger partial charge on any atom is -0.473 e. The van der Waals surface area contributed by atoms with Gasteiger partial charge in [-0.05, 0) is 35.4 Å². The normalized spacial score (nSPS) is 10.5. The number of nitrogens with one attached hydrogen (secondary N) is 1. The Hall–Kier alpha value is -2.82. The predicted molar refractivity (Wildman–Crippen MR) is 107 cm³/mol. The van der Waals surface area contributed by atoms with Crippen LogP contribution in [0.2, 0.25) is 0 Å². The van der Waals surface area contributed by atoms with Gasteiger partial charge in [0.2, 0.25) is 5.88 Å². The number of ether oxygens (including phenoxy) is 1. The first-order valence-electron chi connectivity index (χ1n) is 8.27. The predicted octanol–water partition coefficient (Wildman–Crippen LogP) is 4.69. The third-order valence-electron chi connectivity index (χ3n) is 4.20. The van der Waals surface area contributed by atoms with Crippen molar-refractivity contribution in [1.29, 1.82) is 0 Å². The zero-order valence-corrected chi connectivity index (χ0v) is 15.0. The van der Waals surface area contributed by atoms with Crippen LogP contribution in [0.15, 0.2) is 72.9 Å². The minimum atomic E-state index is 0. The summed E-state index contributed by atoms with van der Waals surface area (Å²) in [4.78, 5) is 7.73. The van der Waals surface area contributed by atoms with Crippen LogP contribution in [0.5, 0.6) is 5.88 Å². The lowest BCUT2D eigenvalue weighted by molar-refractivity contribution is 0.294. The van der Waals surface area contributed by atoms with Crippen LogP contribution in [0, 0.1) is 0 Å². The average molecular weight is 366 g/mol. The Morgan fingerprint density at radius 2 is 1.73 bits per heavy atom. The molecule has 4 rings (SSSR count). The van der Waals surface area contributed by atoms with E-state index in [-0.39, 0.29) is 12.4 Å². The third kappa shape index (κ3) is 3.87. The topological polar surface area (TPSA) is 63.9 Å². The molecule has 4 aromatic rings. The Kier molecular flexibility index (Phi) is 5.56. The van der Waals surface area contributed by atoms with Crippen LogP contribution in [0.3, 0.4) is 0 Å². The van der Waals surface area contributed by atoms with Crippen LogP contribution in [-0.4, -0.2) is 9.97 Å². The van der Waals surface area contributed by atoms with Gasteiger partial charge in [-0.3, -0.25) is 0 Å². The molecule has 0 saturated carbocycles. The maximum absolute atomic E-state index is 5.74. The summed E-state index contributed by atoms with van der Waals surface area (Å²) in [5, 5.41) is 1.15. The van der Waals surface area contributed by atoms with Gasteiger partial charge in [0, 0.05) is 41.0 Å². The van der Waals surface area contributed by atoms with Crippen LogP contribution in [-0.2, 0) is 13.2 Å². The lowest BCUT2D eigenvalue weighted by Crippen LogP contribution is -1.96. The zero-order chi connectivity index (χ0) is 17.1. The van der Waals surface area contributed by atoms with Gasteiger partial charge in [0.15, 0.2) is 0 Å². The third-order valence-corrected chi connectivity index (χ3v) is 4.20.